The van der Waals surface area contributed by atoms with Crippen LogP contribution in [0.15, 0.2) is 18.2 Å². The molecular weight excluding hydrogens is 254 g/mol. The van der Waals surface area contributed by atoms with Crippen LogP contribution in [0.1, 0.15) is 44.0 Å². The quantitative estimate of drug-likeness (QED) is 0.857. The van der Waals surface area contributed by atoms with Crippen LogP contribution < -0.4 is 14.8 Å². The van der Waals surface area contributed by atoms with Crippen LogP contribution in [-0.2, 0) is 0 Å². The predicted molar refractivity (Wildman–Crippen MR) is 76.3 cm³/mol. The standard InChI is InChI=1S/C16H21NO3/c1-15(2,3)17-14(18)11-4-5-12-13(8-11)20-10-16(6-7-16)9-19-12/h4-5,8H,6-7,9-10H2,1-3H3,(H,17,18). The van der Waals surface area contributed by atoms with Crippen molar-refractivity contribution in [2.24, 2.45) is 5.41 Å². The summed E-state index contributed by atoms with van der Waals surface area (Å²) in [6.07, 6.45) is 2.33. The van der Waals surface area contributed by atoms with Crippen molar-refractivity contribution < 1.29 is 14.3 Å². The van der Waals surface area contributed by atoms with Gasteiger partial charge in [0.1, 0.15) is 0 Å². The highest BCUT2D eigenvalue weighted by molar-refractivity contribution is 5.95. The zero-order chi connectivity index (χ0) is 14.4. The molecule has 0 radical (unpaired) electrons. The number of carbonyl (C=O) groups excluding carboxylic acids is 1. The van der Waals surface area contributed by atoms with Gasteiger partial charge in [-0.2, -0.15) is 0 Å². The molecule has 1 aromatic carbocycles. The Morgan fingerprint density at radius 1 is 1.15 bits per heavy atom. The molecule has 1 amide bonds. The fourth-order valence-corrected chi connectivity index (χ4v) is 2.26. The molecule has 1 aliphatic carbocycles. The Labute approximate surface area is 119 Å². The second-order valence-corrected chi connectivity index (χ2v) is 6.94. The van der Waals surface area contributed by atoms with Crippen molar-refractivity contribution in [3.63, 3.8) is 0 Å². The number of benzene rings is 1. The molecule has 1 heterocycles. The molecule has 1 N–H and O–H groups in total. The molecule has 0 atom stereocenters. The Balaban J connectivity index is 1.79. The maximum Gasteiger partial charge on any atom is 0.251 e. The van der Waals surface area contributed by atoms with E-state index in [1.165, 1.54) is 12.8 Å². The van der Waals surface area contributed by atoms with Gasteiger partial charge in [-0.15, -0.1) is 0 Å². The highest BCUT2D eigenvalue weighted by Crippen LogP contribution is 2.49. The molecule has 1 aliphatic heterocycles. The summed E-state index contributed by atoms with van der Waals surface area (Å²) in [6, 6.07) is 5.39. The van der Waals surface area contributed by atoms with Crippen molar-refractivity contribution in [3.8, 4) is 11.5 Å². The minimum absolute atomic E-state index is 0.0886. The van der Waals surface area contributed by atoms with Gasteiger partial charge in [-0.05, 0) is 51.8 Å². The first kappa shape index (κ1) is 13.3. The first-order valence-corrected chi connectivity index (χ1v) is 7.09. The van der Waals surface area contributed by atoms with Crippen molar-refractivity contribution in [2.45, 2.75) is 39.2 Å². The van der Waals surface area contributed by atoms with Crippen LogP contribution in [0.25, 0.3) is 0 Å². The largest absolute Gasteiger partial charge is 0.489 e. The van der Waals surface area contributed by atoms with Crippen LogP contribution in [0.2, 0.25) is 0 Å². The first-order chi connectivity index (χ1) is 9.37. The van der Waals surface area contributed by atoms with Crippen molar-refractivity contribution in [2.75, 3.05) is 13.2 Å². The van der Waals surface area contributed by atoms with Gasteiger partial charge in [-0.1, -0.05) is 0 Å². The molecule has 20 heavy (non-hydrogen) atoms. The van der Waals surface area contributed by atoms with E-state index in [0.29, 0.717) is 24.5 Å². The number of hydrogen-bond acceptors (Lipinski definition) is 3. The molecule has 108 valence electrons. The fourth-order valence-electron chi connectivity index (χ4n) is 2.26. The van der Waals surface area contributed by atoms with Crippen LogP contribution in [-0.4, -0.2) is 24.7 Å². The molecule has 1 fully saturated rings. The molecule has 1 aromatic rings. The van der Waals surface area contributed by atoms with E-state index < -0.39 is 0 Å². The summed E-state index contributed by atoms with van der Waals surface area (Å²) >= 11 is 0. The Kier molecular flexibility index (Phi) is 2.92. The van der Waals surface area contributed by atoms with Gasteiger partial charge in [0.2, 0.25) is 0 Å². The summed E-state index contributed by atoms with van der Waals surface area (Å²) in [4.78, 5) is 12.2. The number of hydrogen-bond donors (Lipinski definition) is 1. The fraction of sp³-hybridized carbons (Fsp3) is 0.562. The van der Waals surface area contributed by atoms with Crippen LogP contribution in [0.3, 0.4) is 0 Å². The van der Waals surface area contributed by atoms with Crippen LogP contribution >= 0.6 is 0 Å². The van der Waals surface area contributed by atoms with Crippen molar-refractivity contribution in [3.05, 3.63) is 23.8 Å². The van der Waals surface area contributed by atoms with Gasteiger partial charge in [-0.3, -0.25) is 4.79 Å². The molecule has 0 saturated heterocycles. The summed E-state index contributed by atoms with van der Waals surface area (Å²) in [5, 5.41) is 2.95. The lowest BCUT2D eigenvalue weighted by atomic mass is 10.1. The van der Waals surface area contributed by atoms with Gasteiger partial charge in [0.25, 0.3) is 5.91 Å². The number of nitrogens with one attached hydrogen (secondary N) is 1. The Bertz CT molecular complexity index is 541. The average molecular weight is 275 g/mol. The summed E-state index contributed by atoms with van der Waals surface area (Å²) < 4.78 is 11.6. The van der Waals surface area contributed by atoms with Crippen molar-refractivity contribution >= 4 is 5.91 Å². The van der Waals surface area contributed by atoms with Gasteiger partial charge in [0.15, 0.2) is 11.5 Å². The van der Waals surface area contributed by atoms with E-state index in [2.05, 4.69) is 5.32 Å². The summed E-state index contributed by atoms with van der Waals surface area (Å²) in [5.41, 5.74) is 0.570. The minimum atomic E-state index is -0.251. The second kappa shape index (κ2) is 4.40. The molecule has 4 nitrogen and oxygen atoms in total. The van der Waals surface area contributed by atoms with E-state index in [-0.39, 0.29) is 16.9 Å². The summed E-state index contributed by atoms with van der Waals surface area (Å²) in [7, 11) is 0. The third kappa shape index (κ3) is 2.74. The molecular formula is C16H21NO3. The van der Waals surface area contributed by atoms with E-state index in [4.69, 9.17) is 9.47 Å². The normalized spacial score (nSPS) is 19.4. The van der Waals surface area contributed by atoms with Gasteiger partial charge >= 0.3 is 0 Å². The number of fused-ring (bicyclic) bond motifs is 1. The summed E-state index contributed by atoms with van der Waals surface area (Å²) in [6.45, 7) is 7.29. The highest BCUT2D eigenvalue weighted by Gasteiger charge is 2.46. The lowest BCUT2D eigenvalue weighted by Gasteiger charge is -2.20. The maximum absolute atomic E-state index is 12.2. The first-order valence-electron chi connectivity index (χ1n) is 7.09. The lowest BCUT2D eigenvalue weighted by molar-refractivity contribution is 0.0919. The molecule has 2 aliphatic rings. The van der Waals surface area contributed by atoms with Crippen LogP contribution in [0, 0.1) is 5.41 Å². The predicted octanol–water partition coefficient (Wildman–Crippen LogP) is 2.77. The number of amides is 1. The van der Waals surface area contributed by atoms with Gasteiger partial charge in [0.05, 0.1) is 13.2 Å². The second-order valence-electron chi connectivity index (χ2n) is 6.94. The Hall–Kier alpha value is -1.71. The van der Waals surface area contributed by atoms with E-state index in [1.54, 1.807) is 12.1 Å². The summed E-state index contributed by atoms with van der Waals surface area (Å²) in [5.74, 6) is 1.32. The lowest BCUT2D eigenvalue weighted by Crippen LogP contribution is -2.40. The Morgan fingerprint density at radius 2 is 1.80 bits per heavy atom. The van der Waals surface area contributed by atoms with Gasteiger partial charge in [0, 0.05) is 16.5 Å². The van der Waals surface area contributed by atoms with Gasteiger partial charge < -0.3 is 14.8 Å². The third-order valence-corrected chi connectivity index (χ3v) is 3.72. The number of ether oxygens (including phenoxy) is 2. The Morgan fingerprint density at radius 3 is 2.40 bits per heavy atom. The monoisotopic (exact) mass is 275 g/mol. The zero-order valence-corrected chi connectivity index (χ0v) is 12.3. The maximum atomic E-state index is 12.2. The zero-order valence-electron chi connectivity index (χ0n) is 12.3. The average Bonchev–Trinajstić information content (AvgIpc) is 3.15. The molecule has 4 heteroatoms. The van der Waals surface area contributed by atoms with Crippen LogP contribution in [0.4, 0.5) is 0 Å². The van der Waals surface area contributed by atoms with E-state index in [0.717, 1.165) is 5.75 Å². The van der Waals surface area contributed by atoms with Crippen molar-refractivity contribution in [1.29, 1.82) is 0 Å². The molecule has 0 aromatic heterocycles. The number of rotatable bonds is 1. The van der Waals surface area contributed by atoms with Gasteiger partial charge in [-0.25, -0.2) is 0 Å². The van der Waals surface area contributed by atoms with E-state index in [1.807, 2.05) is 26.8 Å². The molecule has 1 spiro atoms. The topological polar surface area (TPSA) is 47.6 Å². The molecule has 0 bridgehead atoms. The van der Waals surface area contributed by atoms with Crippen LogP contribution in [0.5, 0.6) is 11.5 Å². The third-order valence-electron chi connectivity index (χ3n) is 3.72. The van der Waals surface area contributed by atoms with E-state index >= 15 is 0 Å². The molecule has 3 rings (SSSR count). The SMILES string of the molecule is CC(C)(C)NC(=O)c1ccc2c(c1)OCC1(CC1)CO2. The van der Waals surface area contributed by atoms with E-state index in [9.17, 15) is 4.79 Å². The molecule has 1 saturated carbocycles. The minimum Gasteiger partial charge on any atom is -0.489 e. The number of carbonyl (C=O) groups is 1. The highest BCUT2D eigenvalue weighted by atomic mass is 16.5. The van der Waals surface area contributed by atoms with Crippen molar-refractivity contribution in [1.82, 2.24) is 5.32 Å². The smallest absolute Gasteiger partial charge is 0.251 e. The molecule has 0 unspecified atom stereocenters.